The Morgan fingerprint density at radius 3 is 2.67 bits per heavy atom. The third-order valence-corrected chi connectivity index (χ3v) is 4.27. The summed E-state index contributed by atoms with van der Waals surface area (Å²) in [5.74, 6) is 0.813. The number of ether oxygens (including phenoxy) is 2. The molecule has 24 heavy (non-hydrogen) atoms. The minimum atomic E-state index is -0.181. The van der Waals surface area contributed by atoms with E-state index in [0.717, 1.165) is 5.56 Å². The number of aryl methyl sites for hydroxylation is 1. The molecule has 124 valence electrons. The van der Waals surface area contributed by atoms with Gasteiger partial charge in [-0.05, 0) is 36.8 Å². The quantitative estimate of drug-likeness (QED) is 0.607. The Labute approximate surface area is 148 Å². The summed E-state index contributed by atoms with van der Waals surface area (Å²) in [4.78, 5) is 12.4. The average Bonchev–Trinajstić information content (AvgIpc) is 2.56. The zero-order chi connectivity index (χ0) is 17.3. The van der Waals surface area contributed by atoms with Crippen molar-refractivity contribution in [2.75, 3.05) is 13.9 Å². The van der Waals surface area contributed by atoms with Gasteiger partial charge in [0.1, 0.15) is 11.5 Å². The molecule has 0 saturated carbocycles. The lowest BCUT2D eigenvalue weighted by Gasteiger charge is -2.13. The third-order valence-electron chi connectivity index (χ3n) is 3.57. The van der Waals surface area contributed by atoms with E-state index in [2.05, 4.69) is 0 Å². The summed E-state index contributed by atoms with van der Waals surface area (Å²) in [6, 6.07) is 9.94. The molecule has 0 fully saturated rings. The zero-order valence-corrected chi connectivity index (χ0v) is 14.6. The zero-order valence-electron chi connectivity index (χ0n) is 13.1. The summed E-state index contributed by atoms with van der Waals surface area (Å²) in [5.41, 5.74) is 1.59. The topological polar surface area (TPSA) is 48.7 Å². The van der Waals surface area contributed by atoms with Crippen LogP contribution in [0.2, 0.25) is 10.0 Å². The van der Waals surface area contributed by atoms with Crippen LogP contribution in [0.4, 0.5) is 0 Å². The first kappa shape index (κ1) is 16.8. The van der Waals surface area contributed by atoms with Crippen LogP contribution in [0.3, 0.4) is 0 Å². The van der Waals surface area contributed by atoms with Crippen LogP contribution in [-0.2, 0) is 4.74 Å². The van der Waals surface area contributed by atoms with E-state index in [4.69, 9.17) is 37.1 Å². The molecule has 0 amide bonds. The van der Waals surface area contributed by atoms with Gasteiger partial charge in [0.2, 0.25) is 0 Å². The summed E-state index contributed by atoms with van der Waals surface area (Å²) >= 11 is 12.3. The molecule has 3 aromatic rings. The maximum absolute atomic E-state index is 12.4. The van der Waals surface area contributed by atoms with Gasteiger partial charge in [-0.1, -0.05) is 29.3 Å². The second-order valence-electron chi connectivity index (χ2n) is 5.24. The number of para-hydroxylation sites is 1. The van der Waals surface area contributed by atoms with Gasteiger partial charge in [0, 0.05) is 18.2 Å². The van der Waals surface area contributed by atoms with Gasteiger partial charge in [0.15, 0.2) is 17.8 Å². The number of hydrogen-bond acceptors (Lipinski definition) is 4. The first-order valence-electron chi connectivity index (χ1n) is 7.16. The van der Waals surface area contributed by atoms with E-state index in [9.17, 15) is 4.79 Å². The highest BCUT2D eigenvalue weighted by Crippen LogP contribution is 2.36. The van der Waals surface area contributed by atoms with Crippen LogP contribution in [-0.4, -0.2) is 13.9 Å². The normalized spacial score (nSPS) is 11.0. The van der Waals surface area contributed by atoms with Crippen molar-refractivity contribution in [3.63, 3.8) is 0 Å². The number of halogens is 2. The van der Waals surface area contributed by atoms with Crippen molar-refractivity contribution in [3.8, 4) is 17.1 Å². The van der Waals surface area contributed by atoms with Crippen LogP contribution >= 0.6 is 23.2 Å². The molecule has 1 heterocycles. The largest absolute Gasteiger partial charge is 0.467 e. The molecule has 6 heteroatoms. The molecular weight excluding hydrogens is 351 g/mol. The van der Waals surface area contributed by atoms with Crippen LogP contribution in [0.25, 0.3) is 22.3 Å². The number of fused-ring (bicyclic) bond motifs is 1. The lowest BCUT2D eigenvalue weighted by Crippen LogP contribution is -2.03. The molecule has 0 aliphatic rings. The average molecular weight is 365 g/mol. The molecule has 0 aliphatic carbocycles. The van der Waals surface area contributed by atoms with E-state index < -0.39 is 0 Å². The standard InChI is InChI=1S/C18H14Cl2O4/c1-10-6-12(16(7-14(10)20)23-9-22-2)17-8-15(21)11-4-3-5-13(19)18(11)24-17/h3-8H,9H2,1-2H3. The molecule has 0 bridgehead atoms. The molecule has 0 N–H and O–H groups in total. The van der Waals surface area contributed by atoms with E-state index in [1.165, 1.54) is 13.2 Å². The number of rotatable bonds is 4. The second kappa shape index (κ2) is 6.85. The van der Waals surface area contributed by atoms with Gasteiger partial charge in [0.25, 0.3) is 0 Å². The minimum Gasteiger partial charge on any atom is -0.467 e. The Hall–Kier alpha value is -2.01. The summed E-state index contributed by atoms with van der Waals surface area (Å²) in [6.07, 6.45) is 0. The van der Waals surface area contributed by atoms with Crippen LogP contribution in [0.5, 0.6) is 5.75 Å². The van der Waals surface area contributed by atoms with Crippen LogP contribution in [0.1, 0.15) is 5.56 Å². The summed E-state index contributed by atoms with van der Waals surface area (Å²) in [7, 11) is 1.52. The Bertz CT molecular complexity index is 963. The fourth-order valence-electron chi connectivity index (χ4n) is 2.37. The van der Waals surface area contributed by atoms with Crippen molar-refractivity contribution in [1.29, 1.82) is 0 Å². The maximum Gasteiger partial charge on any atom is 0.193 e. The van der Waals surface area contributed by atoms with Gasteiger partial charge < -0.3 is 13.9 Å². The van der Waals surface area contributed by atoms with Gasteiger partial charge in [-0.25, -0.2) is 0 Å². The molecule has 3 rings (SSSR count). The van der Waals surface area contributed by atoms with E-state index in [0.29, 0.717) is 38.1 Å². The van der Waals surface area contributed by atoms with Crippen molar-refractivity contribution in [3.05, 3.63) is 62.2 Å². The van der Waals surface area contributed by atoms with Crippen molar-refractivity contribution in [2.45, 2.75) is 6.92 Å². The van der Waals surface area contributed by atoms with Gasteiger partial charge in [-0.15, -0.1) is 0 Å². The van der Waals surface area contributed by atoms with Crippen LogP contribution < -0.4 is 10.2 Å². The Balaban J connectivity index is 2.25. The molecule has 0 unspecified atom stereocenters. The van der Waals surface area contributed by atoms with E-state index in [-0.39, 0.29) is 12.2 Å². The van der Waals surface area contributed by atoms with Gasteiger partial charge in [0.05, 0.1) is 16.0 Å². The first-order valence-corrected chi connectivity index (χ1v) is 7.91. The molecule has 1 aromatic heterocycles. The fraction of sp³-hybridized carbons (Fsp3) is 0.167. The van der Waals surface area contributed by atoms with Crippen LogP contribution in [0.15, 0.2) is 45.6 Å². The third kappa shape index (κ3) is 3.13. The molecule has 0 aliphatic heterocycles. The molecular formula is C18H14Cl2O4. The smallest absolute Gasteiger partial charge is 0.193 e. The molecule has 0 saturated heterocycles. The summed E-state index contributed by atoms with van der Waals surface area (Å²) in [6.45, 7) is 1.91. The van der Waals surface area contributed by atoms with E-state index >= 15 is 0 Å². The van der Waals surface area contributed by atoms with Crippen molar-refractivity contribution >= 4 is 34.2 Å². The van der Waals surface area contributed by atoms with Gasteiger partial charge in [-0.3, -0.25) is 4.79 Å². The highest BCUT2D eigenvalue weighted by Gasteiger charge is 2.15. The minimum absolute atomic E-state index is 0.0466. The van der Waals surface area contributed by atoms with E-state index in [1.807, 2.05) is 6.92 Å². The molecule has 4 nitrogen and oxygen atoms in total. The number of methoxy groups -OCH3 is 1. The SMILES string of the molecule is COCOc1cc(Cl)c(C)cc1-c1cc(=O)c2cccc(Cl)c2o1. The Kier molecular flexibility index (Phi) is 4.81. The molecule has 0 spiro atoms. The molecule has 0 radical (unpaired) electrons. The summed E-state index contributed by atoms with van der Waals surface area (Å²) in [5, 5.41) is 1.35. The Morgan fingerprint density at radius 2 is 1.92 bits per heavy atom. The van der Waals surface area contributed by atoms with E-state index in [1.54, 1.807) is 30.3 Å². The van der Waals surface area contributed by atoms with Crippen molar-refractivity contribution in [2.24, 2.45) is 0 Å². The highest BCUT2D eigenvalue weighted by molar-refractivity contribution is 6.34. The van der Waals surface area contributed by atoms with Gasteiger partial charge >= 0.3 is 0 Å². The summed E-state index contributed by atoms with van der Waals surface area (Å²) < 4.78 is 16.4. The van der Waals surface area contributed by atoms with Gasteiger partial charge in [-0.2, -0.15) is 0 Å². The number of hydrogen-bond donors (Lipinski definition) is 0. The van der Waals surface area contributed by atoms with Crippen LogP contribution in [0, 0.1) is 6.92 Å². The molecule has 2 aromatic carbocycles. The molecule has 0 atom stereocenters. The number of benzene rings is 2. The maximum atomic E-state index is 12.4. The predicted molar refractivity (Wildman–Crippen MR) is 95.2 cm³/mol. The predicted octanol–water partition coefficient (Wildman–Crippen LogP) is 5.06. The lowest BCUT2D eigenvalue weighted by molar-refractivity contribution is 0.0514. The van der Waals surface area contributed by atoms with Crippen molar-refractivity contribution in [1.82, 2.24) is 0 Å². The first-order chi connectivity index (χ1) is 11.5. The Morgan fingerprint density at radius 1 is 1.12 bits per heavy atom. The highest BCUT2D eigenvalue weighted by atomic mass is 35.5. The second-order valence-corrected chi connectivity index (χ2v) is 6.05. The monoisotopic (exact) mass is 364 g/mol. The van der Waals surface area contributed by atoms with Crippen molar-refractivity contribution < 1.29 is 13.9 Å². The lowest BCUT2D eigenvalue weighted by atomic mass is 10.1. The fourth-order valence-corrected chi connectivity index (χ4v) is 2.74.